The second kappa shape index (κ2) is 4.78. The molecule has 0 bridgehead atoms. The zero-order valence-corrected chi connectivity index (χ0v) is 10.4. The highest BCUT2D eigenvalue weighted by Gasteiger charge is 2.30. The summed E-state index contributed by atoms with van der Waals surface area (Å²) in [5, 5.41) is 9.30. The van der Waals surface area contributed by atoms with E-state index in [4.69, 9.17) is 0 Å². The van der Waals surface area contributed by atoms with Gasteiger partial charge < -0.3 is 10.0 Å². The van der Waals surface area contributed by atoms with Gasteiger partial charge in [0.1, 0.15) is 6.04 Å². The second-order valence-corrected chi connectivity index (χ2v) is 4.85. The van der Waals surface area contributed by atoms with Crippen molar-refractivity contribution in [1.29, 1.82) is 0 Å². The summed E-state index contributed by atoms with van der Waals surface area (Å²) < 4.78 is 0. The van der Waals surface area contributed by atoms with E-state index < -0.39 is 12.0 Å². The van der Waals surface area contributed by atoms with E-state index >= 15 is 0 Å². The highest BCUT2D eigenvalue weighted by molar-refractivity contribution is 5.79. The number of fused-ring (bicyclic) bond motifs is 1. The molecule has 2 atom stereocenters. The van der Waals surface area contributed by atoms with Crippen LogP contribution in [0, 0.1) is 5.92 Å². The highest BCUT2D eigenvalue weighted by atomic mass is 16.4. The van der Waals surface area contributed by atoms with Gasteiger partial charge in [0.15, 0.2) is 0 Å². The Kier molecular flexibility index (Phi) is 3.36. The van der Waals surface area contributed by atoms with Crippen LogP contribution >= 0.6 is 0 Å². The molecule has 1 aromatic carbocycles. The SMILES string of the molecule is CCC(C(=O)O)N1CC(C)Cc2ccccc21. The third-order valence-electron chi connectivity index (χ3n) is 3.43. The number of rotatable bonds is 3. The Bertz CT molecular complexity index is 416. The van der Waals surface area contributed by atoms with Crippen molar-refractivity contribution in [1.82, 2.24) is 0 Å². The summed E-state index contributed by atoms with van der Waals surface area (Å²) in [7, 11) is 0. The number of carbonyl (C=O) groups is 1. The van der Waals surface area contributed by atoms with Gasteiger partial charge in [-0.2, -0.15) is 0 Å². The van der Waals surface area contributed by atoms with Crippen molar-refractivity contribution in [2.75, 3.05) is 11.4 Å². The Balaban J connectivity index is 2.38. The predicted molar refractivity (Wildman–Crippen MR) is 68.4 cm³/mol. The maximum absolute atomic E-state index is 11.3. The zero-order valence-electron chi connectivity index (χ0n) is 10.4. The lowest BCUT2D eigenvalue weighted by Gasteiger charge is -2.38. The molecule has 1 N–H and O–H groups in total. The monoisotopic (exact) mass is 233 g/mol. The van der Waals surface area contributed by atoms with E-state index in [9.17, 15) is 9.90 Å². The molecule has 0 saturated heterocycles. The first kappa shape index (κ1) is 12.0. The molecule has 0 saturated carbocycles. The lowest BCUT2D eigenvalue weighted by Crippen LogP contribution is -2.46. The summed E-state index contributed by atoms with van der Waals surface area (Å²) in [6.07, 6.45) is 1.68. The molecule has 2 unspecified atom stereocenters. The van der Waals surface area contributed by atoms with Crippen molar-refractivity contribution < 1.29 is 9.90 Å². The molecule has 3 heteroatoms. The van der Waals surface area contributed by atoms with Crippen LogP contribution in [-0.2, 0) is 11.2 Å². The van der Waals surface area contributed by atoms with Crippen molar-refractivity contribution >= 4 is 11.7 Å². The van der Waals surface area contributed by atoms with Crippen LogP contribution < -0.4 is 4.90 Å². The Morgan fingerprint density at radius 3 is 2.88 bits per heavy atom. The minimum Gasteiger partial charge on any atom is -0.480 e. The number of hydrogen-bond acceptors (Lipinski definition) is 2. The molecule has 1 aromatic rings. The summed E-state index contributed by atoms with van der Waals surface area (Å²) in [6.45, 7) is 4.94. The largest absolute Gasteiger partial charge is 0.480 e. The van der Waals surface area contributed by atoms with Crippen LogP contribution in [0.5, 0.6) is 0 Å². The molecule has 1 heterocycles. The van der Waals surface area contributed by atoms with Crippen LogP contribution in [0.1, 0.15) is 25.8 Å². The van der Waals surface area contributed by atoms with Crippen molar-refractivity contribution in [2.45, 2.75) is 32.7 Å². The molecule has 0 fully saturated rings. The van der Waals surface area contributed by atoms with Gasteiger partial charge in [0, 0.05) is 12.2 Å². The molecule has 3 nitrogen and oxygen atoms in total. The summed E-state index contributed by atoms with van der Waals surface area (Å²) >= 11 is 0. The summed E-state index contributed by atoms with van der Waals surface area (Å²) in [5.74, 6) is -0.213. The summed E-state index contributed by atoms with van der Waals surface area (Å²) in [5.41, 5.74) is 2.37. The van der Waals surface area contributed by atoms with Gasteiger partial charge in [0.25, 0.3) is 0 Å². The molecule has 0 amide bonds. The fourth-order valence-corrected chi connectivity index (χ4v) is 2.66. The molecular weight excluding hydrogens is 214 g/mol. The number of benzene rings is 1. The molecule has 2 rings (SSSR count). The van der Waals surface area contributed by atoms with Crippen LogP contribution in [0.25, 0.3) is 0 Å². The van der Waals surface area contributed by atoms with Crippen molar-refractivity contribution in [3.8, 4) is 0 Å². The molecule has 0 aliphatic carbocycles. The number of hydrogen-bond donors (Lipinski definition) is 1. The average Bonchev–Trinajstić information content (AvgIpc) is 2.29. The number of carboxylic acid groups (broad SMARTS) is 1. The summed E-state index contributed by atoms with van der Waals surface area (Å²) in [4.78, 5) is 13.4. The number of anilines is 1. The average molecular weight is 233 g/mol. The molecule has 1 aliphatic rings. The maximum Gasteiger partial charge on any atom is 0.326 e. The Hall–Kier alpha value is -1.51. The fraction of sp³-hybridized carbons (Fsp3) is 0.500. The maximum atomic E-state index is 11.3. The molecular formula is C14H19NO2. The Morgan fingerprint density at radius 2 is 2.24 bits per heavy atom. The van der Waals surface area contributed by atoms with E-state index in [0.29, 0.717) is 12.3 Å². The van der Waals surface area contributed by atoms with E-state index in [1.807, 2.05) is 30.0 Å². The smallest absolute Gasteiger partial charge is 0.326 e. The third-order valence-corrected chi connectivity index (χ3v) is 3.43. The fourth-order valence-electron chi connectivity index (χ4n) is 2.66. The van der Waals surface area contributed by atoms with Crippen LogP contribution in [-0.4, -0.2) is 23.7 Å². The molecule has 0 aromatic heterocycles. The zero-order chi connectivity index (χ0) is 12.4. The van der Waals surface area contributed by atoms with E-state index in [-0.39, 0.29) is 0 Å². The van der Waals surface area contributed by atoms with Crippen LogP contribution in [0.4, 0.5) is 5.69 Å². The van der Waals surface area contributed by atoms with Crippen LogP contribution in [0.3, 0.4) is 0 Å². The van der Waals surface area contributed by atoms with Gasteiger partial charge in [-0.05, 0) is 30.4 Å². The van der Waals surface area contributed by atoms with Crippen LogP contribution in [0.15, 0.2) is 24.3 Å². The van der Waals surface area contributed by atoms with Crippen molar-refractivity contribution in [2.24, 2.45) is 5.92 Å². The normalized spacial score (nSPS) is 20.8. The lowest BCUT2D eigenvalue weighted by molar-refractivity contribution is -0.138. The highest BCUT2D eigenvalue weighted by Crippen LogP contribution is 2.31. The molecule has 0 spiro atoms. The standard InChI is InChI=1S/C14H19NO2/c1-3-12(14(16)17)15-9-10(2)8-11-6-4-5-7-13(11)15/h4-7,10,12H,3,8-9H2,1-2H3,(H,16,17). The molecule has 1 aliphatic heterocycles. The Morgan fingerprint density at radius 1 is 1.53 bits per heavy atom. The lowest BCUT2D eigenvalue weighted by atomic mass is 9.92. The van der Waals surface area contributed by atoms with Gasteiger partial charge in [-0.3, -0.25) is 0 Å². The van der Waals surface area contributed by atoms with Gasteiger partial charge in [-0.1, -0.05) is 32.0 Å². The molecule has 92 valence electrons. The Labute approximate surface area is 102 Å². The third kappa shape index (κ3) is 2.28. The number of carboxylic acids is 1. The van der Waals surface area contributed by atoms with Crippen molar-refractivity contribution in [3.63, 3.8) is 0 Å². The number of aliphatic carboxylic acids is 1. The van der Waals surface area contributed by atoms with Gasteiger partial charge in [-0.15, -0.1) is 0 Å². The van der Waals surface area contributed by atoms with Crippen molar-refractivity contribution in [3.05, 3.63) is 29.8 Å². The van der Waals surface area contributed by atoms with E-state index in [0.717, 1.165) is 18.7 Å². The van der Waals surface area contributed by atoms with Gasteiger partial charge in [0.05, 0.1) is 0 Å². The number of nitrogens with zero attached hydrogens (tertiary/aromatic N) is 1. The van der Waals surface area contributed by atoms with Gasteiger partial charge in [0.2, 0.25) is 0 Å². The minimum absolute atomic E-state index is 0.404. The van der Waals surface area contributed by atoms with E-state index in [1.165, 1.54) is 5.56 Å². The second-order valence-electron chi connectivity index (χ2n) is 4.85. The number of para-hydroxylation sites is 1. The first-order valence-electron chi connectivity index (χ1n) is 6.20. The quantitative estimate of drug-likeness (QED) is 0.872. The van der Waals surface area contributed by atoms with Crippen LogP contribution in [0.2, 0.25) is 0 Å². The first-order chi connectivity index (χ1) is 8.13. The van der Waals surface area contributed by atoms with Gasteiger partial charge >= 0.3 is 5.97 Å². The first-order valence-corrected chi connectivity index (χ1v) is 6.20. The van der Waals surface area contributed by atoms with Gasteiger partial charge in [-0.25, -0.2) is 4.79 Å². The van der Waals surface area contributed by atoms with E-state index in [1.54, 1.807) is 0 Å². The molecule has 17 heavy (non-hydrogen) atoms. The topological polar surface area (TPSA) is 40.5 Å². The van der Waals surface area contributed by atoms with E-state index in [2.05, 4.69) is 13.0 Å². The predicted octanol–water partition coefficient (Wildman–Crippen LogP) is 2.55. The summed E-state index contributed by atoms with van der Waals surface area (Å²) in [6, 6.07) is 7.74. The minimum atomic E-state index is -0.726. The molecule has 0 radical (unpaired) electrons.